The van der Waals surface area contributed by atoms with E-state index in [1.165, 1.54) is 42.7 Å². The predicted molar refractivity (Wildman–Crippen MR) is 108 cm³/mol. The second-order valence-corrected chi connectivity index (χ2v) is 8.91. The standard InChI is InChI=1S/C19H16F2N4O3S2/c1-28-17-7-6-15(10-16(17)21)30(26,27)22-9-8-14-11-29-19-23-18(24-25(14)19)12-2-4-13(20)5-3-12/h2-7,10-11,22H,8-9H2,1H3. The molecule has 30 heavy (non-hydrogen) atoms. The number of nitrogens with one attached hydrogen (secondary N) is 1. The Bertz CT molecular complexity index is 1300. The van der Waals surface area contributed by atoms with Crippen LogP contribution in [0, 0.1) is 11.6 Å². The van der Waals surface area contributed by atoms with E-state index in [0.717, 1.165) is 11.8 Å². The van der Waals surface area contributed by atoms with E-state index in [-0.39, 0.29) is 23.0 Å². The van der Waals surface area contributed by atoms with Gasteiger partial charge in [0.2, 0.25) is 15.0 Å². The summed E-state index contributed by atoms with van der Waals surface area (Å²) in [6, 6.07) is 9.31. The summed E-state index contributed by atoms with van der Waals surface area (Å²) in [5.74, 6) is -0.671. The van der Waals surface area contributed by atoms with E-state index in [1.807, 2.05) is 5.38 Å². The number of methoxy groups -OCH3 is 1. The molecule has 0 spiro atoms. The summed E-state index contributed by atoms with van der Waals surface area (Å²) in [5.41, 5.74) is 1.44. The molecule has 11 heteroatoms. The normalized spacial score (nSPS) is 11.8. The molecule has 0 fully saturated rings. The molecular formula is C19H16F2N4O3S2. The maximum absolute atomic E-state index is 13.8. The highest BCUT2D eigenvalue weighted by molar-refractivity contribution is 7.89. The molecule has 1 N–H and O–H groups in total. The fraction of sp³-hybridized carbons (Fsp3) is 0.158. The summed E-state index contributed by atoms with van der Waals surface area (Å²) in [6.45, 7) is 0.0908. The van der Waals surface area contributed by atoms with Crippen molar-refractivity contribution in [2.24, 2.45) is 0 Å². The molecule has 7 nitrogen and oxygen atoms in total. The van der Waals surface area contributed by atoms with Gasteiger partial charge < -0.3 is 4.74 Å². The van der Waals surface area contributed by atoms with Gasteiger partial charge in [-0.2, -0.15) is 4.98 Å². The number of hydrogen-bond donors (Lipinski definition) is 1. The van der Waals surface area contributed by atoms with Gasteiger partial charge in [0, 0.05) is 23.9 Å². The molecule has 2 heterocycles. The van der Waals surface area contributed by atoms with Crippen molar-refractivity contribution in [2.45, 2.75) is 11.3 Å². The first-order chi connectivity index (χ1) is 14.4. The minimum absolute atomic E-state index is 0.0299. The Morgan fingerprint density at radius 2 is 1.93 bits per heavy atom. The van der Waals surface area contributed by atoms with Gasteiger partial charge >= 0.3 is 0 Å². The van der Waals surface area contributed by atoms with Gasteiger partial charge in [-0.15, -0.1) is 16.4 Å². The van der Waals surface area contributed by atoms with Crippen molar-refractivity contribution in [2.75, 3.05) is 13.7 Å². The lowest BCUT2D eigenvalue weighted by molar-refractivity contribution is 0.385. The number of halogens is 2. The van der Waals surface area contributed by atoms with Gasteiger partial charge in [0.1, 0.15) is 5.82 Å². The maximum atomic E-state index is 13.8. The van der Waals surface area contributed by atoms with Gasteiger partial charge in [-0.3, -0.25) is 0 Å². The molecule has 0 radical (unpaired) electrons. The number of nitrogens with zero attached hydrogens (tertiary/aromatic N) is 3. The van der Waals surface area contributed by atoms with Crippen LogP contribution >= 0.6 is 11.3 Å². The van der Waals surface area contributed by atoms with Gasteiger partial charge in [-0.25, -0.2) is 26.4 Å². The highest BCUT2D eigenvalue weighted by atomic mass is 32.2. The van der Waals surface area contributed by atoms with E-state index in [9.17, 15) is 17.2 Å². The largest absolute Gasteiger partial charge is 0.494 e. The Hall–Kier alpha value is -2.89. The number of aromatic nitrogens is 3. The Labute approximate surface area is 175 Å². The molecule has 0 aliphatic heterocycles. The molecule has 4 rings (SSSR count). The zero-order chi connectivity index (χ0) is 21.3. The lowest BCUT2D eigenvalue weighted by atomic mass is 10.2. The Morgan fingerprint density at radius 3 is 2.63 bits per heavy atom. The first kappa shape index (κ1) is 20.4. The Kier molecular flexibility index (Phi) is 5.50. The molecule has 2 aromatic carbocycles. The SMILES string of the molecule is COc1ccc(S(=O)(=O)NCCc2csc3nc(-c4ccc(F)cc4)nn23)cc1F. The van der Waals surface area contributed by atoms with Crippen molar-refractivity contribution in [3.8, 4) is 17.1 Å². The summed E-state index contributed by atoms with van der Waals surface area (Å²) < 4.78 is 60.6. The third-order valence-electron chi connectivity index (χ3n) is 4.36. The second-order valence-electron chi connectivity index (χ2n) is 6.31. The minimum Gasteiger partial charge on any atom is -0.494 e. The predicted octanol–water partition coefficient (Wildman–Crippen LogP) is 3.27. The molecule has 4 aromatic rings. The van der Waals surface area contributed by atoms with Gasteiger partial charge in [0.05, 0.1) is 17.7 Å². The topological polar surface area (TPSA) is 85.6 Å². The summed E-state index contributed by atoms with van der Waals surface area (Å²) in [4.78, 5) is 4.88. The summed E-state index contributed by atoms with van der Waals surface area (Å²) in [6.07, 6.45) is 0.351. The third-order valence-corrected chi connectivity index (χ3v) is 6.68. The molecule has 0 bridgehead atoms. The van der Waals surface area contributed by atoms with E-state index in [2.05, 4.69) is 14.8 Å². The van der Waals surface area contributed by atoms with Crippen molar-refractivity contribution in [1.82, 2.24) is 19.3 Å². The molecule has 0 saturated carbocycles. The number of ether oxygens (including phenoxy) is 1. The molecule has 2 aromatic heterocycles. The van der Waals surface area contributed by atoms with Gasteiger partial charge in [0.15, 0.2) is 17.4 Å². The van der Waals surface area contributed by atoms with Crippen LogP contribution in [-0.2, 0) is 16.4 Å². The van der Waals surface area contributed by atoms with Crippen molar-refractivity contribution >= 4 is 26.3 Å². The molecule has 0 atom stereocenters. The zero-order valence-electron chi connectivity index (χ0n) is 15.7. The van der Waals surface area contributed by atoms with Crippen LogP contribution in [-0.4, -0.2) is 36.7 Å². The lowest BCUT2D eigenvalue weighted by Gasteiger charge is -2.08. The van der Waals surface area contributed by atoms with E-state index in [0.29, 0.717) is 22.8 Å². The first-order valence-electron chi connectivity index (χ1n) is 8.79. The minimum atomic E-state index is -3.88. The number of sulfonamides is 1. The van der Waals surface area contributed by atoms with E-state index < -0.39 is 15.8 Å². The van der Waals surface area contributed by atoms with Crippen LogP contribution in [0.4, 0.5) is 8.78 Å². The molecule has 156 valence electrons. The average Bonchev–Trinajstić information content (AvgIpc) is 3.30. The van der Waals surface area contributed by atoms with Crippen LogP contribution in [0.1, 0.15) is 5.69 Å². The molecular weight excluding hydrogens is 434 g/mol. The molecule has 0 aliphatic rings. The van der Waals surface area contributed by atoms with Gasteiger partial charge in [0.25, 0.3) is 0 Å². The number of fused-ring (bicyclic) bond motifs is 1. The number of thiazole rings is 1. The van der Waals surface area contributed by atoms with Crippen LogP contribution < -0.4 is 9.46 Å². The van der Waals surface area contributed by atoms with E-state index in [1.54, 1.807) is 16.6 Å². The van der Waals surface area contributed by atoms with Crippen molar-refractivity contribution in [3.63, 3.8) is 0 Å². The lowest BCUT2D eigenvalue weighted by Crippen LogP contribution is -2.26. The summed E-state index contributed by atoms with van der Waals surface area (Å²) in [7, 11) is -2.58. The van der Waals surface area contributed by atoms with E-state index in [4.69, 9.17) is 4.74 Å². The maximum Gasteiger partial charge on any atom is 0.240 e. The second kappa shape index (κ2) is 8.09. The van der Waals surface area contributed by atoms with Crippen molar-refractivity contribution in [1.29, 1.82) is 0 Å². The number of hydrogen-bond acceptors (Lipinski definition) is 6. The Balaban J connectivity index is 1.47. The highest BCUT2D eigenvalue weighted by Gasteiger charge is 2.17. The smallest absolute Gasteiger partial charge is 0.240 e. The summed E-state index contributed by atoms with van der Waals surface area (Å²) in [5, 5.41) is 6.27. The third kappa shape index (κ3) is 4.04. The Morgan fingerprint density at radius 1 is 1.17 bits per heavy atom. The molecule has 0 aliphatic carbocycles. The molecule has 0 unspecified atom stereocenters. The molecule has 0 amide bonds. The fourth-order valence-electron chi connectivity index (χ4n) is 2.83. The number of rotatable bonds is 7. The quantitative estimate of drug-likeness (QED) is 0.467. The van der Waals surface area contributed by atoms with Crippen LogP contribution in [0.25, 0.3) is 16.3 Å². The summed E-state index contributed by atoms with van der Waals surface area (Å²) >= 11 is 1.37. The van der Waals surface area contributed by atoms with Crippen molar-refractivity contribution < 1.29 is 21.9 Å². The first-order valence-corrected chi connectivity index (χ1v) is 11.2. The van der Waals surface area contributed by atoms with Crippen molar-refractivity contribution in [3.05, 3.63) is 65.2 Å². The van der Waals surface area contributed by atoms with Gasteiger partial charge in [-0.1, -0.05) is 0 Å². The average molecular weight is 450 g/mol. The monoisotopic (exact) mass is 450 g/mol. The van der Waals surface area contributed by atoms with Crippen LogP contribution in [0.15, 0.2) is 52.7 Å². The van der Waals surface area contributed by atoms with Crippen LogP contribution in [0.5, 0.6) is 5.75 Å². The van der Waals surface area contributed by atoms with E-state index >= 15 is 0 Å². The number of benzene rings is 2. The van der Waals surface area contributed by atoms with Crippen LogP contribution in [0.2, 0.25) is 0 Å². The highest BCUT2D eigenvalue weighted by Crippen LogP contribution is 2.22. The molecule has 0 saturated heterocycles. The van der Waals surface area contributed by atoms with Crippen LogP contribution in [0.3, 0.4) is 0 Å². The fourth-order valence-corrected chi connectivity index (χ4v) is 4.73. The zero-order valence-corrected chi connectivity index (χ0v) is 17.3. The van der Waals surface area contributed by atoms with Gasteiger partial charge in [-0.05, 0) is 42.5 Å².